The molecule has 0 radical (unpaired) electrons. The zero-order chi connectivity index (χ0) is 11.7. The van der Waals surface area contributed by atoms with Gasteiger partial charge in [0.05, 0.1) is 0 Å². The van der Waals surface area contributed by atoms with Gasteiger partial charge in [0.1, 0.15) is 0 Å². The lowest BCUT2D eigenvalue weighted by atomic mass is 10.0. The van der Waals surface area contributed by atoms with Crippen LogP contribution in [0.4, 0.5) is 0 Å². The van der Waals surface area contributed by atoms with Gasteiger partial charge in [-0.15, -0.1) is 0 Å². The molecule has 0 heterocycles. The van der Waals surface area contributed by atoms with E-state index in [0.717, 1.165) is 25.7 Å². The van der Waals surface area contributed by atoms with Gasteiger partial charge in [0.15, 0.2) is 0 Å². The highest BCUT2D eigenvalue weighted by Crippen LogP contribution is 2.44. The fourth-order valence-electron chi connectivity index (χ4n) is 1.82. The van der Waals surface area contributed by atoms with Crippen molar-refractivity contribution in [3.05, 3.63) is 0 Å². The van der Waals surface area contributed by atoms with E-state index in [4.69, 9.17) is 0 Å². The minimum absolute atomic E-state index is 0.456. The monoisotopic (exact) mass is 234 g/mol. The first kappa shape index (κ1) is 15.2. The molecule has 0 aliphatic carbocycles. The third kappa shape index (κ3) is 8.04. The molecule has 2 nitrogen and oxygen atoms in total. The summed E-state index contributed by atoms with van der Waals surface area (Å²) in [6.07, 6.45) is 7.48. The maximum absolute atomic E-state index is 11.9. The molecule has 0 aromatic rings. The highest BCUT2D eigenvalue weighted by Gasteiger charge is 2.22. The molecule has 0 aromatic carbocycles. The van der Waals surface area contributed by atoms with Crippen LogP contribution in [0.3, 0.4) is 0 Å². The second-order valence-electron chi connectivity index (χ2n) is 4.52. The summed E-state index contributed by atoms with van der Waals surface area (Å²) in [6.45, 7) is 6.36. The van der Waals surface area contributed by atoms with Gasteiger partial charge >= 0.3 is 0 Å². The van der Waals surface area contributed by atoms with E-state index in [1.54, 1.807) is 0 Å². The summed E-state index contributed by atoms with van der Waals surface area (Å²) >= 11 is 0. The number of hydrogen-bond acceptors (Lipinski definition) is 1. The van der Waals surface area contributed by atoms with Gasteiger partial charge in [-0.3, -0.25) is 4.57 Å². The van der Waals surface area contributed by atoms with Crippen molar-refractivity contribution in [3.63, 3.8) is 0 Å². The zero-order valence-electron chi connectivity index (χ0n) is 10.5. The van der Waals surface area contributed by atoms with Crippen LogP contribution in [-0.4, -0.2) is 17.2 Å². The quantitative estimate of drug-likeness (QED) is 0.605. The Labute approximate surface area is 94.9 Å². The van der Waals surface area contributed by atoms with Crippen molar-refractivity contribution < 1.29 is 9.46 Å². The first-order valence-electron chi connectivity index (χ1n) is 6.36. The van der Waals surface area contributed by atoms with Gasteiger partial charge in [-0.1, -0.05) is 46.5 Å². The molecule has 3 heteroatoms. The van der Waals surface area contributed by atoms with Gasteiger partial charge < -0.3 is 4.89 Å². The van der Waals surface area contributed by atoms with E-state index >= 15 is 0 Å². The molecule has 15 heavy (non-hydrogen) atoms. The first-order chi connectivity index (χ1) is 7.05. The van der Waals surface area contributed by atoms with Crippen molar-refractivity contribution in [1.82, 2.24) is 0 Å². The lowest BCUT2D eigenvalue weighted by molar-refractivity contribution is 0.436. The van der Waals surface area contributed by atoms with Crippen LogP contribution in [0.2, 0.25) is 0 Å². The SMILES string of the molecule is CCCCC(CC)CP(=O)(O)CCCC. The molecule has 2 atom stereocenters. The minimum atomic E-state index is -2.82. The highest BCUT2D eigenvalue weighted by atomic mass is 31.2. The molecular weight excluding hydrogens is 207 g/mol. The van der Waals surface area contributed by atoms with Gasteiger partial charge in [0.2, 0.25) is 7.37 Å². The van der Waals surface area contributed by atoms with Gasteiger partial charge in [-0.25, -0.2) is 0 Å². The third-order valence-electron chi connectivity index (χ3n) is 2.95. The molecule has 0 fully saturated rings. The molecule has 0 amide bonds. The molecule has 2 unspecified atom stereocenters. The van der Waals surface area contributed by atoms with Gasteiger partial charge in [-0.05, 0) is 18.8 Å². The highest BCUT2D eigenvalue weighted by molar-refractivity contribution is 7.57. The Morgan fingerprint density at radius 1 is 1.13 bits per heavy atom. The Morgan fingerprint density at radius 2 is 1.73 bits per heavy atom. The van der Waals surface area contributed by atoms with Crippen molar-refractivity contribution in [2.24, 2.45) is 5.92 Å². The van der Waals surface area contributed by atoms with E-state index in [9.17, 15) is 9.46 Å². The van der Waals surface area contributed by atoms with Crippen LogP contribution < -0.4 is 0 Å². The summed E-state index contributed by atoms with van der Waals surface area (Å²) in [7, 11) is -2.82. The fraction of sp³-hybridized carbons (Fsp3) is 1.00. The standard InChI is InChI=1S/C12H27O2P/c1-4-7-9-12(6-3)11-15(13,14)10-8-5-2/h12H,4-11H2,1-3H3,(H,13,14). The van der Waals surface area contributed by atoms with Gasteiger partial charge in [0, 0.05) is 12.3 Å². The lowest BCUT2D eigenvalue weighted by Gasteiger charge is -2.18. The van der Waals surface area contributed by atoms with Crippen molar-refractivity contribution in [1.29, 1.82) is 0 Å². The molecule has 0 rings (SSSR count). The van der Waals surface area contributed by atoms with E-state index in [-0.39, 0.29) is 0 Å². The maximum atomic E-state index is 11.9. The van der Waals surface area contributed by atoms with Gasteiger partial charge in [-0.2, -0.15) is 0 Å². The number of unbranched alkanes of at least 4 members (excludes halogenated alkanes) is 2. The Kier molecular flexibility index (Phi) is 8.46. The topological polar surface area (TPSA) is 37.3 Å². The Bertz CT molecular complexity index is 192. The van der Waals surface area contributed by atoms with E-state index < -0.39 is 7.37 Å². The van der Waals surface area contributed by atoms with E-state index in [2.05, 4.69) is 20.8 Å². The normalized spacial score (nSPS) is 17.3. The largest absolute Gasteiger partial charge is 0.344 e. The second kappa shape index (κ2) is 8.35. The van der Waals surface area contributed by atoms with E-state index in [1.165, 1.54) is 12.8 Å². The molecule has 0 spiro atoms. The van der Waals surface area contributed by atoms with Crippen LogP contribution in [0.15, 0.2) is 0 Å². The third-order valence-corrected chi connectivity index (χ3v) is 5.05. The van der Waals surface area contributed by atoms with Crippen molar-refractivity contribution >= 4 is 7.37 Å². The molecule has 92 valence electrons. The Hall–Kier alpha value is 0.190. The predicted octanol–water partition coefficient (Wildman–Crippen LogP) is 4.27. The van der Waals surface area contributed by atoms with Crippen LogP contribution in [-0.2, 0) is 4.57 Å². The van der Waals surface area contributed by atoms with E-state index in [1.807, 2.05) is 0 Å². The van der Waals surface area contributed by atoms with Crippen LogP contribution in [0.5, 0.6) is 0 Å². The minimum Gasteiger partial charge on any atom is -0.344 e. The second-order valence-corrected chi connectivity index (χ2v) is 7.03. The summed E-state index contributed by atoms with van der Waals surface area (Å²) in [5, 5.41) is 0. The number of rotatable bonds is 9. The molecule has 0 aliphatic rings. The summed E-state index contributed by atoms with van der Waals surface area (Å²) in [5.41, 5.74) is 0. The van der Waals surface area contributed by atoms with Crippen molar-refractivity contribution in [3.8, 4) is 0 Å². The van der Waals surface area contributed by atoms with Crippen LogP contribution in [0.25, 0.3) is 0 Å². The van der Waals surface area contributed by atoms with Gasteiger partial charge in [0.25, 0.3) is 0 Å². The number of hydrogen-bond donors (Lipinski definition) is 1. The van der Waals surface area contributed by atoms with E-state index in [0.29, 0.717) is 18.2 Å². The molecule has 0 saturated carbocycles. The molecular formula is C12H27O2P. The Morgan fingerprint density at radius 3 is 2.20 bits per heavy atom. The molecule has 0 bridgehead atoms. The van der Waals surface area contributed by atoms with Crippen LogP contribution in [0, 0.1) is 5.92 Å². The fourth-order valence-corrected chi connectivity index (χ4v) is 4.06. The first-order valence-corrected chi connectivity index (χ1v) is 8.39. The summed E-state index contributed by atoms with van der Waals surface area (Å²) in [6, 6.07) is 0. The molecule has 0 saturated heterocycles. The smallest absolute Gasteiger partial charge is 0.200 e. The lowest BCUT2D eigenvalue weighted by Crippen LogP contribution is -2.07. The summed E-state index contributed by atoms with van der Waals surface area (Å²) in [4.78, 5) is 9.80. The van der Waals surface area contributed by atoms with Crippen LogP contribution >= 0.6 is 7.37 Å². The van der Waals surface area contributed by atoms with Crippen LogP contribution in [0.1, 0.15) is 59.3 Å². The Balaban J connectivity index is 3.97. The molecule has 1 N–H and O–H groups in total. The molecule has 0 aromatic heterocycles. The average molecular weight is 234 g/mol. The van der Waals surface area contributed by atoms with Crippen molar-refractivity contribution in [2.75, 3.05) is 12.3 Å². The molecule has 0 aliphatic heterocycles. The predicted molar refractivity (Wildman–Crippen MR) is 67.8 cm³/mol. The maximum Gasteiger partial charge on any atom is 0.200 e. The average Bonchev–Trinajstić information content (AvgIpc) is 2.21. The zero-order valence-corrected chi connectivity index (χ0v) is 11.4. The van der Waals surface area contributed by atoms with Crippen molar-refractivity contribution in [2.45, 2.75) is 59.3 Å². The summed E-state index contributed by atoms with van der Waals surface area (Å²) < 4.78 is 11.9. The summed E-state index contributed by atoms with van der Waals surface area (Å²) in [5.74, 6) is 0.456.